The summed E-state index contributed by atoms with van der Waals surface area (Å²) in [5.74, 6) is -0.422. The van der Waals surface area contributed by atoms with Crippen LogP contribution in [0.4, 0.5) is 5.69 Å². The SMILES string of the molecule is Cc1ccc(S(=O)(=O)N2CCNC(=O)C2)c([N+](=O)[O-])c1. The van der Waals surface area contributed by atoms with Gasteiger partial charge in [-0.15, -0.1) is 0 Å². The van der Waals surface area contributed by atoms with Crippen molar-refractivity contribution in [2.75, 3.05) is 19.6 Å². The summed E-state index contributed by atoms with van der Waals surface area (Å²) in [7, 11) is -4.06. The van der Waals surface area contributed by atoms with E-state index in [1.165, 1.54) is 18.2 Å². The molecular weight excluding hydrogens is 286 g/mol. The average Bonchev–Trinajstić information content (AvgIpc) is 2.38. The molecule has 0 radical (unpaired) electrons. The summed E-state index contributed by atoms with van der Waals surface area (Å²) in [6.45, 7) is 1.60. The molecule has 1 fully saturated rings. The molecule has 1 aromatic carbocycles. The number of nitrogens with one attached hydrogen (secondary N) is 1. The van der Waals surface area contributed by atoms with Crippen molar-refractivity contribution < 1.29 is 18.1 Å². The first-order valence-corrected chi connectivity index (χ1v) is 7.28. The number of nitrogens with zero attached hydrogens (tertiary/aromatic N) is 2. The molecule has 1 saturated heterocycles. The van der Waals surface area contributed by atoms with E-state index in [9.17, 15) is 23.3 Å². The lowest BCUT2D eigenvalue weighted by atomic mass is 10.2. The highest BCUT2D eigenvalue weighted by Gasteiger charge is 2.34. The molecular formula is C11H13N3O5S. The molecule has 0 saturated carbocycles. The Morgan fingerprint density at radius 3 is 2.70 bits per heavy atom. The first kappa shape index (κ1) is 14.4. The summed E-state index contributed by atoms with van der Waals surface area (Å²) < 4.78 is 25.8. The van der Waals surface area contributed by atoms with E-state index < -0.39 is 26.5 Å². The number of amides is 1. The number of benzene rings is 1. The third-order valence-corrected chi connectivity index (χ3v) is 4.82. The summed E-state index contributed by atoms with van der Waals surface area (Å²) in [6, 6.07) is 3.90. The van der Waals surface area contributed by atoms with Crippen LogP contribution in [0, 0.1) is 17.0 Å². The molecule has 0 spiro atoms. The van der Waals surface area contributed by atoms with Crippen molar-refractivity contribution >= 4 is 21.6 Å². The van der Waals surface area contributed by atoms with Gasteiger partial charge in [0.25, 0.3) is 5.69 Å². The Bertz CT molecular complexity index is 671. The summed E-state index contributed by atoms with van der Waals surface area (Å²) in [5, 5.41) is 13.5. The van der Waals surface area contributed by atoms with Crippen molar-refractivity contribution in [2.45, 2.75) is 11.8 Å². The number of carbonyl (C=O) groups excluding carboxylic acids is 1. The number of rotatable bonds is 3. The molecule has 0 atom stereocenters. The molecule has 20 heavy (non-hydrogen) atoms. The average molecular weight is 299 g/mol. The second kappa shape index (κ2) is 5.17. The molecule has 1 aliphatic rings. The van der Waals surface area contributed by atoms with Crippen molar-refractivity contribution in [2.24, 2.45) is 0 Å². The van der Waals surface area contributed by atoms with Gasteiger partial charge in [0.1, 0.15) is 0 Å². The summed E-state index contributed by atoms with van der Waals surface area (Å²) in [6.07, 6.45) is 0. The topological polar surface area (TPSA) is 110 Å². The van der Waals surface area contributed by atoms with Gasteiger partial charge in [-0.1, -0.05) is 6.07 Å². The standard InChI is InChI=1S/C11H13N3O5S/c1-8-2-3-10(9(6-8)14(16)17)20(18,19)13-5-4-12-11(15)7-13/h2-3,6H,4-5,7H2,1H3,(H,12,15). The van der Waals surface area contributed by atoms with Gasteiger partial charge in [0.15, 0.2) is 4.90 Å². The maximum absolute atomic E-state index is 12.4. The van der Waals surface area contributed by atoms with Crippen molar-refractivity contribution in [1.82, 2.24) is 9.62 Å². The Kier molecular flexibility index (Phi) is 3.73. The van der Waals surface area contributed by atoms with Crippen LogP contribution in [0.3, 0.4) is 0 Å². The fourth-order valence-electron chi connectivity index (χ4n) is 1.95. The minimum absolute atomic E-state index is 0.0963. The molecule has 0 unspecified atom stereocenters. The number of piperazine rings is 1. The van der Waals surface area contributed by atoms with Crippen LogP contribution in [-0.4, -0.2) is 43.2 Å². The van der Waals surface area contributed by atoms with E-state index in [0.717, 1.165) is 4.31 Å². The molecule has 1 heterocycles. The van der Waals surface area contributed by atoms with Gasteiger partial charge < -0.3 is 5.32 Å². The molecule has 1 amide bonds. The molecule has 0 aromatic heterocycles. The van der Waals surface area contributed by atoms with E-state index in [2.05, 4.69) is 5.32 Å². The van der Waals surface area contributed by atoms with Crippen molar-refractivity contribution in [3.05, 3.63) is 33.9 Å². The largest absolute Gasteiger partial charge is 0.354 e. The Labute approximate surface area is 115 Å². The second-order valence-corrected chi connectivity index (χ2v) is 6.32. The lowest BCUT2D eigenvalue weighted by Crippen LogP contribution is -2.49. The number of nitro groups is 1. The number of aryl methyl sites for hydroxylation is 1. The number of hydrogen-bond donors (Lipinski definition) is 1. The van der Waals surface area contributed by atoms with Crippen LogP contribution >= 0.6 is 0 Å². The summed E-state index contributed by atoms with van der Waals surface area (Å²) >= 11 is 0. The van der Waals surface area contributed by atoms with Gasteiger partial charge >= 0.3 is 0 Å². The van der Waals surface area contributed by atoms with E-state index in [1.807, 2.05) is 0 Å². The highest BCUT2D eigenvalue weighted by molar-refractivity contribution is 7.89. The fraction of sp³-hybridized carbons (Fsp3) is 0.364. The third kappa shape index (κ3) is 2.63. The van der Waals surface area contributed by atoms with Crippen molar-refractivity contribution in [3.8, 4) is 0 Å². The van der Waals surface area contributed by atoms with Crippen LogP contribution in [0.25, 0.3) is 0 Å². The highest BCUT2D eigenvalue weighted by Crippen LogP contribution is 2.27. The Hall–Kier alpha value is -2.00. The van der Waals surface area contributed by atoms with Crippen LogP contribution in [-0.2, 0) is 14.8 Å². The third-order valence-electron chi connectivity index (χ3n) is 2.93. The smallest absolute Gasteiger partial charge is 0.289 e. The molecule has 1 aromatic rings. The molecule has 8 nitrogen and oxygen atoms in total. The zero-order chi connectivity index (χ0) is 14.9. The zero-order valence-corrected chi connectivity index (χ0v) is 11.5. The van der Waals surface area contributed by atoms with Crippen LogP contribution in [0.1, 0.15) is 5.56 Å². The summed E-state index contributed by atoms with van der Waals surface area (Å²) in [5.41, 5.74) is 0.114. The Balaban J connectivity index is 2.49. The molecule has 1 aliphatic heterocycles. The lowest BCUT2D eigenvalue weighted by Gasteiger charge is -2.25. The van der Waals surface area contributed by atoms with Gasteiger partial charge in [-0.05, 0) is 18.6 Å². The Morgan fingerprint density at radius 1 is 1.40 bits per heavy atom. The first-order valence-electron chi connectivity index (χ1n) is 5.84. The number of carbonyl (C=O) groups is 1. The van der Waals surface area contributed by atoms with Gasteiger partial charge in [-0.3, -0.25) is 14.9 Å². The normalized spacial score (nSPS) is 16.8. The van der Waals surface area contributed by atoms with E-state index in [-0.39, 0.29) is 24.5 Å². The number of sulfonamides is 1. The van der Waals surface area contributed by atoms with Crippen LogP contribution in [0.2, 0.25) is 0 Å². The van der Waals surface area contributed by atoms with Crippen molar-refractivity contribution in [1.29, 1.82) is 0 Å². The van der Waals surface area contributed by atoms with E-state index in [4.69, 9.17) is 0 Å². The molecule has 2 rings (SSSR count). The van der Waals surface area contributed by atoms with Gasteiger partial charge in [-0.25, -0.2) is 8.42 Å². The molecule has 0 aliphatic carbocycles. The zero-order valence-electron chi connectivity index (χ0n) is 10.7. The molecule has 108 valence electrons. The minimum Gasteiger partial charge on any atom is -0.354 e. The van der Waals surface area contributed by atoms with E-state index in [1.54, 1.807) is 6.92 Å². The maximum Gasteiger partial charge on any atom is 0.289 e. The van der Waals surface area contributed by atoms with Crippen molar-refractivity contribution in [3.63, 3.8) is 0 Å². The predicted octanol–water partition coefficient (Wildman–Crippen LogP) is 0.0237. The van der Waals surface area contributed by atoms with Gasteiger partial charge in [0, 0.05) is 19.2 Å². The predicted molar refractivity (Wildman–Crippen MR) is 69.6 cm³/mol. The maximum atomic E-state index is 12.4. The monoisotopic (exact) mass is 299 g/mol. The number of nitro benzene ring substituents is 1. The van der Waals surface area contributed by atoms with Crippen LogP contribution < -0.4 is 5.32 Å². The molecule has 0 bridgehead atoms. The van der Waals surface area contributed by atoms with Gasteiger partial charge in [-0.2, -0.15) is 4.31 Å². The van der Waals surface area contributed by atoms with Crippen LogP contribution in [0.15, 0.2) is 23.1 Å². The minimum atomic E-state index is -4.06. The summed E-state index contributed by atoms with van der Waals surface area (Å²) in [4.78, 5) is 21.2. The Morgan fingerprint density at radius 2 is 2.10 bits per heavy atom. The van der Waals surface area contributed by atoms with E-state index >= 15 is 0 Å². The first-order chi connectivity index (χ1) is 9.32. The highest BCUT2D eigenvalue weighted by atomic mass is 32.2. The lowest BCUT2D eigenvalue weighted by molar-refractivity contribution is -0.387. The quantitative estimate of drug-likeness (QED) is 0.625. The van der Waals surface area contributed by atoms with E-state index in [0.29, 0.717) is 5.56 Å². The number of hydrogen-bond acceptors (Lipinski definition) is 5. The molecule has 9 heteroatoms. The molecule has 1 N–H and O–H groups in total. The van der Waals surface area contributed by atoms with Crippen LogP contribution in [0.5, 0.6) is 0 Å². The van der Waals surface area contributed by atoms with Gasteiger partial charge in [0.05, 0.1) is 11.5 Å². The second-order valence-electron chi connectivity index (χ2n) is 4.42. The fourth-order valence-corrected chi connectivity index (χ4v) is 3.48. The van der Waals surface area contributed by atoms with Gasteiger partial charge in [0.2, 0.25) is 15.9 Å².